The predicted octanol–water partition coefficient (Wildman–Crippen LogP) is 3.44. The van der Waals surface area contributed by atoms with Crippen LogP contribution in [-0.2, 0) is 4.79 Å². The predicted molar refractivity (Wildman–Crippen MR) is 124 cm³/mol. The maximum absolute atomic E-state index is 12.6. The fraction of sp³-hybridized carbons (Fsp3) is 0.240. The zero-order valence-corrected chi connectivity index (χ0v) is 17.9. The van der Waals surface area contributed by atoms with Crippen LogP contribution in [0.25, 0.3) is 11.3 Å². The molecule has 0 aliphatic carbocycles. The van der Waals surface area contributed by atoms with Gasteiger partial charge in [0.15, 0.2) is 23.9 Å². The van der Waals surface area contributed by atoms with Crippen LogP contribution in [0, 0.1) is 0 Å². The standard InChI is InChI=1S/C25H26N4O3/c1-2-18-31-22-10-6-7-11-23(22)32-19-25(30)29-16-14-28(15-17-29)24-13-12-21(26-27-24)20-8-4-3-5-9-20/h2-13H,1,14-19H2. The number of carbonyl (C=O) groups excluding carboxylic acids is 1. The fourth-order valence-corrected chi connectivity index (χ4v) is 3.51. The number of benzene rings is 2. The maximum atomic E-state index is 12.6. The number of para-hydroxylation sites is 2. The molecule has 7 nitrogen and oxygen atoms in total. The minimum atomic E-state index is -0.0475. The molecule has 2 aromatic carbocycles. The van der Waals surface area contributed by atoms with Gasteiger partial charge in [-0.1, -0.05) is 55.1 Å². The smallest absolute Gasteiger partial charge is 0.260 e. The molecule has 0 unspecified atom stereocenters. The second-order valence-corrected chi connectivity index (χ2v) is 7.35. The Balaban J connectivity index is 1.28. The third-order valence-corrected chi connectivity index (χ3v) is 5.23. The van der Waals surface area contributed by atoms with Crippen LogP contribution in [0.3, 0.4) is 0 Å². The molecule has 0 atom stereocenters. The molecule has 1 aliphatic heterocycles. The van der Waals surface area contributed by atoms with Gasteiger partial charge in [0.05, 0.1) is 5.69 Å². The third kappa shape index (κ3) is 5.24. The number of piperazine rings is 1. The summed E-state index contributed by atoms with van der Waals surface area (Å²) >= 11 is 0. The molecule has 1 saturated heterocycles. The molecule has 7 heteroatoms. The number of anilines is 1. The first kappa shape index (κ1) is 21.4. The number of amides is 1. The molecule has 164 valence electrons. The summed E-state index contributed by atoms with van der Waals surface area (Å²) in [5.41, 5.74) is 1.89. The Morgan fingerprint density at radius 2 is 1.56 bits per heavy atom. The van der Waals surface area contributed by atoms with Gasteiger partial charge in [-0.15, -0.1) is 10.2 Å². The highest BCUT2D eigenvalue weighted by atomic mass is 16.5. The van der Waals surface area contributed by atoms with E-state index in [9.17, 15) is 4.79 Å². The van der Waals surface area contributed by atoms with Crippen LogP contribution in [-0.4, -0.2) is 60.4 Å². The van der Waals surface area contributed by atoms with Gasteiger partial charge in [-0.05, 0) is 24.3 Å². The first-order valence-corrected chi connectivity index (χ1v) is 10.6. The number of rotatable bonds is 8. The Bertz CT molecular complexity index is 1030. The Labute approximate surface area is 187 Å². The lowest BCUT2D eigenvalue weighted by molar-refractivity contribution is -0.133. The van der Waals surface area contributed by atoms with E-state index in [1.165, 1.54) is 0 Å². The summed E-state index contributed by atoms with van der Waals surface area (Å²) in [7, 11) is 0. The summed E-state index contributed by atoms with van der Waals surface area (Å²) in [6.45, 7) is 6.62. The van der Waals surface area contributed by atoms with Crippen molar-refractivity contribution in [1.29, 1.82) is 0 Å². The van der Waals surface area contributed by atoms with Crippen molar-refractivity contribution in [1.82, 2.24) is 15.1 Å². The van der Waals surface area contributed by atoms with E-state index < -0.39 is 0 Å². The highest BCUT2D eigenvalue weighted by Gasteiger charge is 2.23. The number of carbonyl (C=O) groups is 1. The summed E-state index contributed by atoms with van der Waals surface area (Å²) in [5.74, 6) is 1.92. The van der Waals surface area contributed by atoms with Gasteiger partial charge in [-0.25, -0.2) is 0 Å². The van der Waals surface area contributed by atoms with Crippen LogP contribution in [0.2, 0.25) is 0 Å². The first-order valence-electron chi connectivity index (χ1n) is 10.6. The lowest BCUT2D eigenvalue weighted by Crippen LogP contribution is -2.50. The van der Waals surface area contributed by atoms with Crippen LogP contribution in [0.4, 0.5) is 5.82 Å². The minimum Gasteiger partial charge on any atom is -0.486 e. The number of ether oxygens (including phenoxy) is 2. The molecule has 1 fully saturated rings. The van der Waals surface area contributed by atoms with Crippen LogP contribution in [0.5, 0.6) is 11.5 Å². The zero-order chi connectivity index (χ0) is 22.2. The lowest BCUT2D eigenvalue weighted by atomic mass is 10.1. The van der Waals surface area contributed by atoms with Crippen LogP contribution < -0.4 is 14.4 Å². The molecule has 0 radical (unpaired) electrons. The van der Waals surface area contributed by atoms with Gasteiger partial charge in [-0.2, -0.15) is 0 Å². The van der Waals surface area contributed by atoms with E-state index in [-0.39, 0.29) is 12.5 Å². The third-order valence-electron chi connectivity index (χ3n) is 5.23. The molecular formula is C25H26N4O3. The van der Waals surface area contributed by atoms with Gasteiger partial charge >= 0.3 is 0 Å². The molecule has 2 heterocycles. The summed E-state index contributed by atoms with van der Waals surface area (Å²) < 4.78 is 11.3. The van der Waals surface area contributed by atoms with E-state index in [2.05, 4.69) is 21.7 Å². The van der Waals surface area contributed by atoms with Crippen molar-refractivity contribution >= 4 is 11.7 Å². The van der Waals surface area contributed by atoms with E-state index in [0.29, 0.717) is 44.3 Å². The average molecular weight is 431 g/mol. The maximum Gasteiger partial charge on any atom is 0.260 e. The highest BCUT2D eigenvalue weighted by Crippen LogP contribution is 2.26. The molecule has 0 bridgehead atoms. The number of aromatic nitrogens is 2. The molecule has 0 spiro atoms. The van der Waals surface area contributed by atoms with Crippen molar-refractivity contribution in [3.8, 4) is 22.8 Å². The lowest BCUT2D eigenvalue weighted by Gasteiger charge is -2.35. The first-order chi connectivity index (χ1) is 15.7. The normalized spacial score (nSPS) is 13.5. The summed E-state index contributed by atoms with van der Waals surface area (Å²) in [4.78, 5) is 16.6. The molecule has 1 aromatic heterocycles. The molecule has 32 heavy (non-hydrogen) atoms. The molecule has 0 N–H and O–H groups in total. The topological polar surface area (TPSA) is 67.8 Å². The molecule has 0 saturated carbocycles. The van der Waals surface area contributed by atoms with E-state index >= 15 is 0 Å². The van der Waals surface area contributed by atoms with Crippen molar-refractivity contribution in [2.75, 3.05) is 44.3 Å². The second-order valence-electron chi connectivity index (χ2n) is 7.35. The number of hydrogen-bond acceptors (Lipinski definition) is 6. The minimum absolute atomic E-state index is 0.0277. The summed E-state index contributed by atoms with van der Waals surface area (Å²) in [6.07, 6.45) is 1.67. The summed E-state index contributed by atoms with van der Waals surface area (Å²) in [6, 6.07) is 21.3. The molecule has 3 aromatic rings. The highest BCUT2D eigenvalue weighted by molar-refractivity contribution is 5.78. The Morgan fingerprint density at radius 3 is 2.22 bits per heavy atom. The van der Waals surface area contributed by atoms with Gasteiger partial charge in [0.2, 0.25) is 0 Å². The van der Waals surface area contributed by atoms with E-state index in [4.69, 9.17) is 9.47 Å². The average Bonchev–Trinajstić information content (AvgIpc) is 2.87. The largest absolute Gasteiger partial charge is 0.486 e. The van der Waals surface area contributed by atoms with Crippen molar-refractivity contribution in [2.45, 2.75) is 0 Å². The Morgan fingerprint density at radius 1 is 0.875 bits per heavy atom. The molecular weight excluding hydrogens is 404 g/mol. The zero-order valence-electron chi connectivity index (χ0n) is 17.9. The monoisotopic (exact) mass is 430 g/mol. The van der Waals surface area contributed by atoms with Crippen LogP contribution >= 0.6 is 0 Å². The molecule has 4 rings (SSSR count). The van der Waals surface area contributed by atoms with Gasteiger partial charge in [0.1, 0.15) is 6.61 Å². The SMILES string of the molecule is C=CCOc1ccccc1OCC(=O)N1CCN(c2ccc(-c3ccccc3)nn2)CC1. The van der Waals surface area contributed by atoms with Crippen molar-refractivity contribution < 1.29 is 14.3 Å². The van der Waals surface area contributed by atoms with Gasteiger partial charge < -0.3 is 19.3 Å². The number of nitrogens with zero attached hydrogens (tertiary/aromatic N) is 4. The van der Waals surface area contributed by atoms with Gasteiger partial charge in [0.25, 0.3) is 5.91 Å². The van der Waals surface area contributed by atoms with Crippen LogP contribution in [0.1, 0.15) is 0 Å². The van der Waals surface area contributed by atoms with Crippen molar-refractivity contribution in [2.24, 2.45) is 0 Å². The molecule has 1 aliphatic rings. The van der Waals surface area contributed by atoms with E-state index in [1.54, 1.807) is 12.1 Å². The quantitative estimate of drug-likeness (QED) is 0.510. The second kappa shape index (κ2) is 10.4. The fourth-order valence-electron chi connectivity index (χ4n) is 3.51. The van der Waals surface area contributed by atoms with E-state index in [0.717, 1.165) is 17.1 Å². The van der Waals surface area contributed by atoms with Gasteiger partial charge in [0, 0.05) is 31.7 Å². The Kier molecular flexibility index (Phi) is 6.97. The Hall–Kier alpha value is -3.87. The van der Waals surface area contributed by atoms with Crippen molar-refractivity contribution in [3.05, 3.63) is 79.4 Å². The van der Waals surface area contributed by atoms with Crippen molar-refractivity contribution in [3.63, 3.8) is 0 Å². The molecule has 1 amide bonds. The summed E-state index contributed by atoms with van der Waals surface area (Å²) in [5, 5.41) is 8.75. The van der Waals surface area contributed by atoms with Crippen LogP contribution in [0.15, 0.2) is 79.4 Å². The van der Waals surface area contributed by atoms with E-state index in [1.807, 2.05) is 65.6 Å². The van der Waals surface area contributed by atoms with Gasteiger partial charge in [-0.3, -0.25) is 4.79 Å². The number of hydrogen-bond donors (Lipinski definition) is 0.